The molecule has 0 aliphatic heterocycles. The molecule has 0 radical (unpaired) electrons. The van der Waals surface area contributed by atoms with Crippen LogP contribution in [-0.4, -0.2) is 14.3 Å². The fourth-order valence-electron chi connectivity index (χ4n) is 2.38. The molecule has 144 valence electrons. The van der Waals surface area contributed by atoms with Crippen LogP contribution in [0.1, 0.15) is 10.4 Å². The lowest BCUT2D eigenvalue weighted by atomic mass is 10.2. The molecule has 0 unspecified atom stereocenters. The molecule has 9 heteroatoms. The summed E-state index contributed by atoms with van der Waals surface area (Å²) in [7, 11) is -4.09. The van der Waals surface area contributed by atoms with Crippen molar-refractivity contribution in [3.63, 3.8) is 0 Å². The van der Waals surface area contributed by atoms with Crippen LogP contribution in [0, 0.1) is 5.82 Å². The number of sulfonamides is 1. The molecule has 0 atom stereocenters. The Morgan fingerprint density at radius 1 is 0.893 bits per heavy atom. The molecule has 3 rings (SSSR count). The van der Waals surface area contributed by atoms with Gasteiger partial charge in [-0.1, -0.05) is 41.4 Å². The maximum absolute atomic E-state index is 13.7. The Hall–Kier alpha value is -2.61. The number of halogens is 3. The summed E-state index contributed by atoms with van der Waals surface area (Å²) in [5, 5.41) is 3.28. The van der Waals surface area contributed by atoms with Crippen molar-refractivity contribution in [2.24, 2.45) is 0 Å². The zero-order valence-corrected chi connectivity index (χ0v) is 16.4. The summed E-state index contributed by atoms with van der Waals surface area (Å²) in [4.78, 5) is 12.3. The van der Waals surface area contributed by atoms with Crippen LogP contribution >= 0.6 is 23.2 Å². The highest BCUT2D eigenvalue weighted by Gasteiger charge is 2.18. The second-order valence-corrected chi connectivity index (χ2v) is 8.28. The molecule has 0 saturated carbocycles. The predicted octanol–water partition coefficient (Wildman–Crippen LogP) is 5.19. The number of nitrogens with one attached hydrogen (secondary N) is 2. The lowest BCUT2D eigenvalue weighted by molar-refractivity contribution is 0.102. The van der Waals surface area contributed by atoms with Crippen molar-refractivity contribution in [1.29, 1.82) is 0 Å². The number of rotatable bonds is 5. The number of anilines is 2. The van der Waals surface area contributed by atoms with Gasteiger partial charge in [0.1, 0.15) is 5.82 Å². The van der Waals surface area contributed by atoms with E-state index in [0.29, 0.717) is 15.7 Å². The zero-order valence-electron chi connectivity index (χ0n) is 14.1. The molecule has 1 amide bonds. The molecule has 0 aliphatic rings. The third-order valence-corrected chi connectivity index (χ3v) is 5.44. The molecule has 3 aromatic rings. The molecule has 0 fully saturated rings. The van der Waals surface area contributed by atoms with Gasteiger partial charge in [-0.25, -0.2) is 12.8 Å². The lowest BCUT2D eigenvalue weighted by Crippen LogP contribution is -2.16. The molecular formula is C19H13Cl2FN2O3S. The van der Waals surface area contributed by atoms with Crippen molar-refractivity contribution in [3.8, 4) is 0 Å². The first-order valence-corrected chi connectivity index (χ1v) is 10.1. The summed E-state index contributed by atoms with van der Waals surface area (Å²) in [6, 6.07) is 15.3. The Labute approximate surface area is 171 Å². The van der Waals surface area contributed by atoms with Gasteiger partial charge in [0, 0.05) is 21.3 Å². The SMILES string of the molecule is O=C(Nc1cc(Cl)cc(Cl)c1)c1cccc(S(=O)(=O)Nc2ccccc2F)c1. The standard InChI is InChI=1S/C19H13Cl2FN2O3S/c20-13-9-14(21)11-15(10-13)23-19(25)12-4-3-5-16(8-12)28(26,27)24-18-7-2-1-6-17(18)22/h1-11,24H,(H,23,25). The average molecular weight is 439 g/mol. The zero-order chi connectivity index (χ0) is 20.3. The van der Waals surface area contributed by atoms with Gasteiger partial charge in [0.05, 0.1) is 10.6 Å². The summed E-state index contributed by atoms with van der Waals surface area (Å²) in [5.74, 6) is -1.26. The van der Waals surface area contributed by atoms with Crippen molar-refractivity contribution in [3.05, 3.63) is 88.2 Å². The number of carbonyl (C=O) groups excluding carboxylic acids is 1. The van der Waals surface area contributed by atoms with E-state index in [1.807, 2.05) is 0 Å². The Bertz CT molecular complexity index is 1130. The van der Waals surface area contributed by atoms with E-state index in [1.165, 1.54) is 60.7 Å². The Morgan fingerprint density at radius 3 is 2.25 bits per heavy atom. The van der Waals surface area contributed by atoms with Crippen molar-refractivity contribution in [2.75, 3.05) is 10.0 Å². The van der Waals surface area contributed by atoms with Crippen LogP contribution in [-0.2, 0) is 10.0 Å². The van der Waals surface area contributed by atoms with Crippen molar-refractivity contribution in [2.45, 2.75) is 4.90 Å². The monoisotopic (exact) mass is 438 g/mol. The topological polar surface area (TPSA) is 75.3 Å². The van der Waals surface area contributed by atoms with Gasteiger partial charge in [0.2, 0.25) is 0 Å². The Morgan fingerprint density at radius 2 is 1.57 bits per heavy atom. The molecule has 0 aromatic heterocycles. The molecular weight excluding hydrogens is 426 g/mol. The number of benzene rings is 3. The number of hydrogen-bond donors (Lipinski definition) is 2. The van der Waals surface area contributed by atoms with E-state index in [4.69, 9.17) is 23.2 Å². The van der Waals surface area contributed by atoms with E-state index >= 15 is 0 Å². The summed E-state index contributed by atoms with van der Waals surface area (Å²) in [6.45, 7) is 0. The van der Waals surface area contributed by atoms with Crippen LogP contribution in [0.25, 0.3) is 0 Å². The fourth-order valence-corrected chi connectivity index (χ4v) is 4.02. The normalized spacial score (nSPS) is 11.1. The number of amides is 1. The van der Waals surface area contributed by atoms with E-state index in [0.717, 1.165) is 6.07 Å². The van der Waals surface area contributed by atoms with Gasteiger partial charge in [-0.2, -0.15) is 0 Å². The molecule has 0 aliphatic carbocycles. The Balaban J connectivity index is 1.85. The van der Waals surface area contributed by atoms with E-state index in [1.54, 1.807) is 0 Å². The second-order valence-electron chi connectivity index (χ2n) is 5.73. The minimum absolute atomic E-state index is 0.0903. The minimum Gasteiger partial charge on any atom is -0.322 e. The summed E-state index contributed by atoms with van der Waals surface area (Å²) in [6.07, 6.45) is 0. The summed E-state index contributed by atoms with van der Waals surface area (Å²) >= 11 is 11.8. The highest BCUT2D eigenvalue weighted by Crippen LogP contribution is 2.24. The third-order valence-electron chi connectivity index (χ3n) is 3.65. The Kier molecular flexibility index (Phi) is 5.88. The number of para-hydroxylation sites is 1. The van der Waals surface area contributed by atoms with Crippen LogP contribution in [0.4, 0.5) is 15.8 Å². The first-order valence-electron chi connectivity index (χ1n) is 7.89. The van der Waals surface area contributed by atoms with Crippen LogP contribution in [0.5, 0.6) is 0 Å². The minimum atomic E-state index is -4.09. The maximum Gasteiger partial charge on any atom is 0.262 e. The van der Waals surface area contributed by atoms with E-state index in [-0.39, 0.29) is 16.1 Å². The third kappa shape index (κ3) is 4.81. The first kappa shape index (κ1) is 20.1. The van der Waals surface area contributed by atoms with E-state index in [2.05, 4.69) is 10.0 Å². The highest BCUT2D eigenvalue weighted by atomic mass is 35.5. The highest BCUT2D eigenvalue weighted by molar-refractivity contribution is 7.92. The van der Waals surface area contributed by atoms with Crippen molar-refractivity contribution < 1.29 is 17.6 Å². The molecule has 0 bridgehead atoms. The van der Waals surface area contributed by atoms with E-state index in [9.17, 15) is 17.6 Å². The van der Waals surface area contributed by atoms with Gasteiger partial charge < -0.3 is 5.32 Å². The van der Waals surface area contributed by atoms with Crippen LogP contribution in [0.15, 0.2) is 71.6 Å². The van der Waals surface area contributed by atoms with Gasteiger partial charge in [-0.3, -0.25) is 9.52 Å². The molecule has 0 heterocycles. The smallest absolute Gasteiger partial charge is 0.262 e. The fraction of sp³-hybridized carbons (Fsp3) is 0. The molecule has 5 nitrogen and oxygen atoms in total. The van der Waals surface area contributed by atoms with Crippen molar-refractivity contribution >= 4 is 50.5 Å². The maximum atomic E-state index is 13.7. The van der Waals surface area contributed by atoms with Gasteiger partial charge in [-0.05, 0) is 48.5 Å². The molecule has 0 saturated heterocycles. The van der Waals surface area contributed by atoms with Crippen molar-refractivity contribution in [1.82, 2.24) is 0 Å². The van der Waals surface area contributed by atoms with Crippen LogP contribution < -0.4 is 10.0 Å². The number of carbonyl (C=O) groups is 1. The second kappa shape index (κ2) is 8.18. The van der Waals surface area contributed by atoms with Gasteiger partial charge in [-0.15, -0.1) is 0 Å². The predicted molar refractivity (Wildman–Crippen MR) is 108 cm³/mol. The van der Waals surface area contributed by atoms with Crippen LogP contribution in [0.3, 0.4) is 0 Å². The number of hydrogen-bond acceptors (Lipinski definition) is 3. The molecule has 28 heavy (non-hydrogen) atoms. The quantitative estimate of drug-likeness (QED) is 0.575. The van der Waals surface area contributed by atoms with Crippen LogP contribution in [0.2, 0.25) is 10.0 Å². The first-order chi connectivity index (χ1) is 13.2. The summed E-state index contributed by atoms with van der Waals surface area (Å²) in [5.41, 5.74) is 0.263. The molecule has 2 N–H and O–H groups in total. The van der Waals surface area contributed by atoms with Gasteiger partial charge >= 0.3 is 0 Å². The van der Waals surface area contributed by atoms with E-state index < -0.39 is 21.7 Å². The molecule has 3 aromatic carbocycles. The largest absolute Gasteiger partial charge is 0.322 e. The summed E-state index contributed by atoms with van der Waals surface area (Å²) < 4.78 is 41.0. The van der Waals surface area contributed by atoms with Gasteiger partial charge in [0.25, 0.3) is 15.9 Å². The lowest BCUT2D eigenvalue weighted by Gasteiger charge is -2.11. The molecule has 0 spiro atoms. The van der Waals surface area contributed by atoms with Gasteiger partial charge in [0.15, 0.2) is 0 Å². The average Bonchev–Trinajstić information content (AvgIpc) is 2.63.